The number of ether oxygens (including phenoxy) is 1. The van der Waals surface area contributed by atoms with Gasteiger partial charge >= 0.3 is 12.1 Å². The summed E-state index contributed by atoms with van der Waals surface area (Å²) in [7, 11) is 0. The molecule has 0 saturated heterocycles. The average Bonchev–Trinajstić information content (AvgIpc) is 2.28. The molecule has 0 aliphatic rings. The van der Waals surface area contributed by atoms with Gasteiger partial charge in [-0.05, 0) is 12.0 Å². The Kier molecular flexibility index (Phi) is 4.54. The first-order chi connectivity index (χ1) is 7.93. The maximum Gasteiger partial charge on any atom is 0.490 e. The van der Waals surface area contributed by atoms with Crippen molar-refractivity contribution in [2.75, 3.05) is 0 Å². The van der Waals surface area contributed by atoms with Crippen LogP contribution >= 0.6 is 0 Å². The fourth-order valence-electron chi connectivity index (χ4n) is 1.36. The van der Waals surface area contributed by atoms with Crippen molar-refractivity contribution in [3.05, 3.63) is 35.9 Å². The number of carbonyl (C=O) groups excluding carboxylic acids is 1. The average molecular weight is 246 g/mol. The van der Waals surface area contributed by atoms with Gasteiger partial charge in [0, 0.05) is 6.42 Å². The lowest BCUT2D eigenvalue weighted by Gasteiger charge is -2.17. The Bertz CT molecular complexity index is 360. The standard InChI is InChI=1S/C12H13F3O2/c1-2-10(17-11(16)12(13,14)15)8-9-6-4-3-5-7-9/h3-7,10H,2,8H2,1H3. The van der Waals surface area contributed by atoms with Gasteiger partial charge in [-0.1, -0.05) is 37.3 Å². The Morgan fingerprint density at radius 2 is 1.88 bits per heavy atom. The highest BCUT2D eigenvalue weighted by Crippen LogP contribution is 2.19. The summed E-state index contributed by atoms with van der Waals surface area (Å²) in [5.41, 5.74) is 0.842. The van der Waals surface area contributed by atoms with Gasteiger partial charge in [-0.3, -0.25) is 0 Å². The van der Waals surface area contributed by atoms with Crippen LogP contribution < -0.4 is 0 Å². The van der Waals surface area contributed by atoms with E-state index in [-0.39, 0.29) is 0 Å². The molecule has 0 aromatic heterocycles. The number of rotatable bonds is 4. The van der Waals surface area contributed by atoms with Crippen molar-refractivity contribution in [2.45, 2.75) is 32.0 Å². The highest BCUT2D eigenvalue weighted by atomic mass is 19.4. The predicted molar refractivity (Wildman–Crippen MR) is 56.4 cm³/mol. The Balaban J connectivity index is 2.59. The van der Waals surface area contributed by atoms with Crippen LogP contribution in [-0.4, -0.2) is 18.2 Å². The van der Waals surface area contributed by atoms with E-state index in [0.29, 0.717) is 12.8 Å². The molecule has 2 nitrogen and oxygen atoms in total. The maximum atomic E-state index is 12.0. The summed E-state index contributed by atoms with van der Waals surface area (Å²) in [6, 6.07) is 8.95. The minimum Gasteiger partial charge on any atom is -0.455 e. The molecule has 0 amide bonds. The number of alkyl halides is 3. The van der Waals surface area contributed by atoms with Gasteiger partial charge in [-0.25, -0.2) is 4.79 Å². The SMILES string of the molecule is CCC(Cc1ccccc1)OC(=O)C(F)(F)F. The van der Waals surface area contributed by atoms with E-state index < -0.39 is 18.2 Å². The zero-order valence-electron chi connectivity index (χ0n) is 9.33. The van der Waals surface area contributed by atoms with Crippen LogP contribution in [0.1, 0.15) is 18.9 Å². The Labute approximate surface area is 97.4 Å². The molecule has 0 spiro atoms. The zero-order chi connectivity index (χ0) is 12.9. The van der Waals surface area contributed by atoms with Gasteiger partial charge in [0.2, 0.25) is 0 Å². The maximum absolute atomic E-state index is 12.0. The van der Waals surface area contributed by atoms with Crippen molar-refractivity contribution in [2.24, 2.45) is 0 Å². The zero-order valence-corrected chi connectivity index (χ0v) is 9.33. The summed E-state index contributed by atoms with van der Waals surface area (Å²) in [5.74, 6) is -2.12. The summed E-state index contributed by atoms with van der Waals surface area (Å²) in [4.78, 5) is 10.7. The van der Waals surface area contributed by atoms with E-state index in [9.17, 15) is 18.0 Å². The van der Waals surface area contributed by atoms with E-state index in [4.69, 9.17) is 0 Å². The van der Waals surface area contributed by atoms with Crippen LogP contribution in [0.3, 0.4) is 0 Å². The molecule has 5 heteroatoms. The van der Waals surface area contributed by atoms with E-state index in [1.54, 1.807) is 31.2 Å². The lowest BCUT2D eigenvalue weighted by molar-refractivity contribution is -0.204. The molecule has 0 saturated carbocycles. The summed E-state index contributed by atoms with van der Waals surface area (Å²) >= 11 is 0. The molecule has 0 radical (unpaired) electrons. The Hall–Kier alpha value is -1.52. The van der Waals surface area contributed by atoms with Crippen molar-refractivity contribution < 1.29 is 22.7 Å². The topological polar surface area (TPSA) is 26.3 Å². The first-order valence-corrected chi connectivity index (χ1v) is 5.25. The molecule has 1 atom stereocenters. The van der Waals surface area contributed by atoms with Crippen molar-refractivity contribution in [3.8, 4) is 0 Å². The van der Waals surface area contributed by atoms with Crippen LogP contribution in [0.5, 0.6) is 0 Å². The first kappa shape index (κ1) is 13.5. The second-order valence-corrected chi connectivity index (χ2v) is 3.62. The van der Waals surface area contributed by atoms with Crippen molar-refractivity contribution in [3.63, 3.8) is 0 Å². The normalized spacial score (nSPS) is 13.2. The summed E-state index contributed by atoms with van der Waals surface area (Å²) in [6.07, 6.45) is -5.04. The lowest BCUT2D eigenvalue weighted by Crippen LogP contribution is -2.30. The fourth-order valence-corrected chi connectivity index (χ4v) is 1.36. The molecule has 0 fully saturated rings. The van der Waals surface area contributed by atoms with Crippen LogP contribution in [0.25, 0.3) is 0 Å². The molecule has 1 unspecified atom stereocenters. The lowest BCUT2D eigenvalue weighted by atomic mass is 10.1. The molecule has 17 heavy (non-hydrogen) atoms. The second kappa shape index (κ2) is 5.70. The molecule has 0 bridgehead atoms. The minimum atomic E-state index is -4.93. The van der Waals surface area contributed by atoms with E-state index in [1.165, 1.54) is 0 Å². The van der Waals surface area contributed by atoms with Crippen LogP contribution in [0.15, 0.2) is 30.3 Å². The smallest absolute Gasteiger partial charge is 0.455 e. The molecule has 0 aliphatic heterocycles. The number of benzene rings is 1. The summed E-state index contributed by atoms with van der Waals surface area (Å²) in [5, 5.41) is 0. The molecule has 0 N–H and O–H groups in total. The van der Waals surface area contributed by atoms with E-state index in [1.807, 2.05) is 6.07 Å². The van der Waals surface area contributed by atoms with Crippen LogP contribution in [0.4, 0.5) is 13.2 Å². The van der Waals surface area contributed by atoms with Gasteiger partial charge in [0.05, 0.1) is 0 Å². The van der Waals surface area contributed by atoms with Crippen LogP contribution in [0.2, 0.25) is 0 Å². The molecule has 0 aliphatic carbocycles. The molecular weight excluding hydrogens is 233 g/mol. The summed E-state index contributed by atoms with van der Waals surface area (Å²) in [6.45, 7) is 1.68. The van der Waals surface area contributed by atoms with Gasteiger partial charge in [-0.15, -0.1) is 0 Å². The Morgan fingerprint density at radius 3 is 2.35 bits per heavy atom. The van der Waals surface area contributed by atoms with Gasteiger partial charge in [0.25, 0.3) is 0 Å². The van der Waals surface area contributed by atoms with E-state index >= 15 is 0 Å². The molecule has 1 rings (SSSR count). The third-order valence-corrected chi connectivity index (χ3v) is 2.27. The minimum absolute atomic E-state index is 0.291. The third kappa shape index (κ3) is 4.46. The number of halogens is 3. The highest BCUT2D eigenvalue weighted by Gasteiger charge is 2.42. The molecular formula is C12H13F3O2. The Morgan fingerprint density at radius 1 is 1.29 bits per heavy atom. The molecule has 94 valence electrons. The quantitative estimate of drug-likeness (QED) is 0.763. The number of hydrogen-bond acceptors (Lipinski definition) is 2. The second-order valence-electron chi connectivity index (χ2n) is 3.62. The molecule has 1 aromatic rings. The third-order valence-electron chi connectivity index (χ3n) is 2.27. The van der Waals surface area contributed by atoms with Gasteiger partial charge in [-0.2, -0.15) is 13.2 Å². The number of hydrogen-bond donors (Lipinski definition) is 0. The van der Waals surface area contributed by atoms with Gasteiger partial charge in [0.1, 0.15) is 6.10 Å². The van der Waals surface area contributed by atoms with Crippen molar-refractivity contribution in [1.29, 1.82) is 0 Å². The summed E-state index contributed by atoms with van der Waals surface area (Å²) < 4.78 is 40.4. The molecule has 0 heterocycles. The van der Waals surface area contributed by atoms with Gasteiger partial charge < -0.3 is 4.74 Å². The fraction of sp³-hybridized carbons (Fsp3) is 0.417. The van der Waals surface area contributed by atoms with Crippen molar-refractivity contribution >= 4 is 5.97 Å². The van der Waals surface area contributed by atoms with Gasteiger partial charge in [0.15, 0.2) is 0 Å². The first-order valence-electron chi connectivity index (χ1n) is 5.25. The number of esters is 1. The van der Waals surface area contributed by atoms with Crippen LogP contribution in [-0.2, 0) is 16.0 Å². The van der Waals surface area contributed by atoms with Crippen molar-refractivity contribution in [1.82, 2.24) is 0 Å². The van der Waals surface area contributed by atoms with Crippen LogP contribution in [0, 0.1) is 0 Å². The predicted octanol–water partition coefficient (Wildman–Crippen LogP) is 3.11. The largest absolute Gasteiger partial charge is 0.490 e. The number of carbonyl (C=O) groups is 1. The molecule has 1 aromatic carbocycles. The highest BCUT2D eigenvalue weighted by molar-refractivity contribution is 5.75. The monoisotopic (exact) mass is 246 g/mol. The van der Waals surface area contributed by atoms with E-state index in [0.717, 1.165) is 5.56 Å². The van der Waals surface area contributed by atoms with E-state index in [2.05, 4.69) is 4.74 Å².